The van der Waals surface area contributed by atoms with Gasteiger partial charge in [-0.3, -0.25) is 10.2 Å². The Morgan fingerprint density at radius 1 is 1.18 bits per heavy atom. The number of methoxy groups -OCH3 is 2. The van der Waals surface area contributed by atoms with E-state index in [0.717, 1.165) is 16.7 Å². The Labute approximate surface area is 165 Å². The van der Waals surface area contributed by atoms with Crippen molar-refractivity contribution in [2.24, 2.45) is 5.73 Å². The summed E-state index contributed by atoms with van der Waals surface area (Å²) in [5, 5.41) is 10.4. The second-order valence-electron chi connectivity index (χ2n) is 6.49. The normalized spacial score (nSPS) is 10.8. The summed E-state index contributed by atoms with van der Waals surface area (Å²) < 4.78 is 10.3. The molecule has 0 atom stereocenters. The quantitative estimate of drug-likeness (QED) is 0.377. The summed E-state index contributed by atoms with van der Waals surface area (Å²) in [7, 11) is 3.27. The molecule has 8 heteroatoms. The van der Waals surface area contributed by atoms with Gasteiger partial charge in [0.2, 0.25) is 5.95 Å². The van der Waals surface area contributed by atoms with Crippen LogP contribution < -0.4 is 11.1 Å². The number of hydrogen-bond acceptors (Lipinski definition) is 7. The van der Waals surface area contributed by atoms with E-state index in [9.17, 15) is 4.79 Å². The molecule has 0 fully saturated rings. The fourth-order valence-corrected chi connectivity index (χ4v) is 2.76. The van der Waals surface area contributed by atoms with Crippen LogP contribution in [0.1, 0.15) is 18.4 Å². The number of aromatic nitrogens is 2. The summed E-state index contributed by atoms with van der Waals surface area (Å²) in [4.78, 5) is 20.5. The molecule has 1 aromatic heterocycles. The molecule has 2 aromatic rings. The van der Waals surface area contributed by atoms with E-state index in [1.807, 2.05) is 24.3 Å². The van der Waals surface area contributed by atoms with Gasteiger partial charge in [-0.05, 0) is 17.5 Å². The molecule has 0 aliphatic heterocycles. The van der Waals surface area contributed by atoms with Crippen LogP contribution in [0.25, 0.3) is 11.1 Å². The Kier molecular flexibility index (Phi) is 8.51. The minimum absolute atomic E-state index is 0.00906. The van der Waals surface area contributed by atoms with Gasteiger partial charge in [-0.15, -0.1) is 0 Å². The van der Waals surface area contributed by atoms with Crippen LogP contribution in [-0.4, -0.2) is 55.1 Å². The van der Waals surface area contributed by atoms with Crippen LogP contribution in [0.4, 0.5) is 5.95 Å². The van der Waals surface area contributed by atoms with E-state index in [1.165, 1.54) is 0 Å². The van der Waals surface area contributed by atoms with E-state index in [4.69, 9.17) is 20.6 Å². The van der Waals surface area contributed by atoms with Gasteiger partial charge in [0.05, 0.1) is 31.5 Å². The predicted octanol–water partition coefficient (Wildman–Crippen LogP) is 2.04. The molecule has 1 heterocycles. The molecule has 1 aromatic carbocycles. The topological polar surface area (TPSA) is 123 Å². The lowest BCUT2D eigenvalue weighted by atomic mass is 10.0. The highest BCUT2D eigenvalue weighted by atomic mass is 16.5. The molecule has 0 unspecified atom stereocenters. The molecule has 0 aliphatic carbocycles. The number of anilines is 1. The van der Waals surface area contributed by atoms with Crippen LogP contribution in [0.5, 0.6) is 0 Å². The molecule has 8 nitrogen and oxygen atoms in total. The summed E-state index contributed by atoms with van der Waals surface area (Å²) in [5.74, 6) is 0.384. The Morgan fingerprint density at radius 2 is 1.86 bits per heavy atom. The third-order valence-electron chi connectivity index (χ3n) is 4.06. The van der Waals surface area contributed by atoms with E-state index in [0.29, 0.717) is 32.0 Å². The van der Waals surface area contributed by atoms with Gasteiger partial charge in [-0.2, -0.15) is 0 Å². The third kappa shape index (κ3) is 7.05. The molecule has 0 bridgehead atoms. The van der Waals surface area contributed by atoms with Gasteiger partial charge in [0.25, 0.3) is 0 Å². The van der Waals surface area contributed by atoms with Gasteiger partial charge in [0.1, 0.15) is 5.78 Å². The van der Waals surface area contributed by atoms with Crippen molar-refractivity contribution in [3.8, 4) is 11.1 Å². The van der Waals surface area contributed by atoms with Crippen molar-refractivity contribution in [1.29, 1.82) is 5.41 Å². The fourth-order valence-electron chi connectivity index (χ4n) is 2.76. The number of ether oxygens (including phenoxy) is 2. The number of Topliss-reactive ketones (excluding diaryl/α,β-unsaturated/α-hetero) is 1. The monoisotopic (exact) mass is 385 g/mol. The van der Waals surface area contributed by atoms with Gasteiger partial charge < -0.3 is 20.5 Å². The molecule has 0 saturated heterocycles. The summed E-state index contributed by atoms with van der Waals surface area (Å²) in [6.45, 7) is 0.979. The van der Waals surface area contributed by atoms with Crippen LogP contribution in [0.3, 0.4) is 0 Å². The lowest BCUT2D eigenvalue weighted by Crippen LogP contribution is -2.30. The van der Waals surface area contributed by atoms with Crippen molar-refractivity contribution < 1.29 is 14.3 Å². The minimum Gasteiger partial charge on any atom is -0.387 e. The zero-order valence-corrected chi connectivity index (χ0v) is 16.3. The molecular weight excluding hydrogens is 358 g/mol. The summed E-state index contributed by atoms with van der Waals surface area (Å²) in [5.41, 5.74) is 8.17. The zero-order chi connectivity index (χ0) is 20.4. The number of carbonyl (C=O) groups excluding carboxylic acids is 1. The molecule has 0 spiro atoms. The maximum absolute atomic E-state index is 11.7. The number of nitrogens with one attached hydrogen (secondary N) is 2. The highest BCUT2D eigenvalue weighted by Crippen LogP contribution is 2.20. The molecular formula is C20H27N5O3. The van der Waals surface area contributed by atoms with E-state index in [2.05, 4.69) is 15.3 Å². The van der Waals surface area contributed by atoms with Crippen molar-refractivity contribution in [2.75, 3.05) is 32.8 Å². The molecule has 28 heavy (non-hydrogen) atoms. The van der Waals surface area contributed by atoms with E-state index in [1.54, 1.807) is 26.6 Å². The average molecular weight is 385 g/mol. The molecule has 150 valence electrons. The fraction of sp³-hybridized carbons (Fsp3) is 0.400. The number of aryl methyl sites for hydroxylation is 1. The lowest BCUT2D eigenvalue weighted by Gasteiger charge is -2.16. The molecule has 0 saturated carbocycles. The van der Waals surface area contributed by atoms with Crippen molar-refractivity contribution in [3.05, 3.63) is 42.2 Å². The van der Waals surface area contributed by atoms with Crippen LogP contribution in [0.15, 0.2) is 36.7 Å². The Balaban J connectivity index is 2.01. The Hall–Kier alpha value is -2.84. The Morgan fingerprint density at radius 3 is 2.46 bits per heavy atom. The van der Waals surface area contributed by atoms with Crippen molar-refractivity contribution in [1.82, 2.24) is 9.97 Å². The summed E-state index contributed by atoms with van der Waals surface area (Å²) in [6, 6.07) is 7.88. The number of amidine groups is 1. The van der Waals surface area contributed by atoms with Gasteiger partial charge in [0, 0.05) is 38.6 Å². The van der Waals surface area contributed by atoms with Gasteiger partial charge in [-0.1, -0.05) is 24.3 Å². The predicted molar refractivity (Wildman–Crippen MR) is 108 cm³/mol. The maximum Gasteiger partial charge on any atom is 0.222 e. The largest absolute Gasteiger partial charge is 0.387 e. The second kappa shape index (κ2) is 11.1. The number of ketones is 1. The van der Waals surface area contributed by atoms with E-state index in [-0.39, 0.29) is 24.1 Å². The first-order valence-corrected chi connectivity index (χ1v) is 9.02. The maximum atomic E-state index is 11.7. The van der Waals surface area contributed by atoms with Crippen molar-refractivity contribution >= 4 is 17.6 Å². The van der Waals surface area contributed by atoms with Gasteiger partial charge in [0.15, 0.2) is 0 Å². The van der Waals surface area contributed by atoms with Crippen molar-refractivity contribution in [2.45, 2.75) is 25.3 Å². The molecule has 0 radical (unpaired) electrons. The van der Waals surface area contributed by atoms with E-state index >= 15 is 0 Å². The smallest absolute Gasteiger partial charge is 0.222 e. The zero-order valence-electron chi connectivity index (χ0n) is 16.3. The lowest BCUT2D eigenvalue weighted by molar-refractivity contribution is -0.117. The first-order valence-electron chi connectivity index (χ1n) is 9.02. The van der Waals surface area contributed by atoms with Crippen LogP contribution in [0, 0.1) is 5.41 Å². The first kappa shape index (κ1) is 21.5. The highest BCUT2D eigenvalue weighted by molar-refractivity contribution is 5.98. The standard InChI is InChI=1S/C20H27N5O3/c1-27-12-17(13-28-2)25-20-23-10-16(11-24-20)15-5-3-4-14(8-15)6-7-18(26)9-19(21)22/h3-5,8,10-11,17H,6-7,9,12-13H2,1-2H3,(H3,21,22)(H,23,24,25). The Bertz CT molecular complexity index is 774. The van der Waals surface area contributed by atoms with Crippen molar-refractivity contribution in [3.63, 3.8) is 0 Å². The molecule has 0 aliphatic rings. The first-order chi connectivity index (χ1) is 13.5. The van der Waals surface area contributed by atoms with Gasteiger partial charge in [-0.25, -0.2) is 9.97 Å². The van der Waals surface area contributed by atoms with Crippen LogP contribution in [0.2, 0.25) is 0 Å². The second-order valence-corrected chi connectivity index (χ2v) is 6.49. The number of rotatable bonds is 12. The number of hydrogen-bond donors (Lipinski definition) is 3. The number of nitrogens with zero attached hydrogens (tertiary/aromatic N) is 2. The number of nitrogens with two attached hydrogens (primary N) is 1. The summed E-state index contributed by atoms with van der Waals surface area (Å²) >= 11 is 0. The minimum atomic E-state index is -0.0946. The molecule has 2 rings (SSSR count). The molecule has 0 amide bonds. The number of carbonyl (C=O) groups is 1. The van der Waals surface area contributed by atoms with E-state index < -0.39 is 0 Å². The third-order valence-corrected chi connectivity index (χ3v) is 4.06. The summed E-state index contributed by atoms with van der Waals surface area (Å²) in [6.07, 6.45) is 4.49. The highest BCUT2D eigenvalue weighted by Gasteiger charge is 2.10. The number of benzene rings is 1. The molecule has 4 N–H and O–H groups in total. The van der Waals surface area contributed by atoms with Crippen LogP contribution >= 0.6 is 0 Å². The average Bonchev–Trinajstić information content (AvgIpc) is 2.67. The SMILES string of the molecule is COCC(COC)Nc1ncc(-c2cccc(CCC(=O)CC(=N)N)c2)cn1. The van der Waals surface area contributed by atoms with Crippen LogP contribution in [-0.2, 0) is 20.7 Å². The van der Waals surface area contributed by atoms with Gasteiger partial charge >= 0.3 is 0 Å².